The second kappa shape index (κ2) is 8.56. The van der Waals surface area contributed by atoms with Crippen molar-refractivity contribution in [2.45, 2.75) is 51.2 Å². The molecule has 0 spiro atoms. The van der Waals surface area contributed by atoms with Crippen molar-refractivity contribution < 1.29 is 23.5 Å². The highest BCUT2D eigenvalue weighted by atomic mass is 16.5. The molecule has 1 aromatic carbocycles. The van der Waals surface area contributed by atoms with Crippen LogP contribution in [0.3, 0.4) is 0 Å². The maximum Gasteiger partial charge on any atom is 0.338 e. The van der Waals surface area contributed by atoms with E-state index in [1.165, 1.54) is 6.26 Å². The molecule has 0 bridgehead atoms. The first kappa shape index (κ1) is 19.9. The summed E-state index contributed by atoms with van der Waals surface area (Å²) in [5.41, 5.74) is 1.21. The van der Waals surface area contributed by atoms with Gasteiger partial charge in [-0.1, -0.05) is 0 Å². The smallest absolute Gasteiger partial charge is 0.338 e. The molecule has 2 aliphatic carbocycles. The molecule has 0 atom stereocenters. The number of urea groups is 1. The van der Waals surface area contributed by atoms with Gasteiger partial charge in [-0.05, 0) is 56.9 Å². The van der Waals surface area contributed by atoms with Gasteiger partial charge in [0.15, 0.2) is 5.69 Å². The largest absolute Gasteiger partial charge is 0.462 e. The number of amides is 3. The minimum Gasteiger partial charge on any atom is -0.462 e. The van der Waals surface area contributed by atoms with E-state index in [4.69, 9.17) is 9.15 Å². The van der Waals surface area contributed by atoms with E-state index in [0.717, 1.165) is 25.7 Å². The van der Waals surface area contributed by atoms with Crippen molar-refractivity contribution in [3.63, 3.8) is 0 Å². The molecule has 158 valence electrons. The Morgan fingerprint density at radius 1 is 1.17 bits per heavy atom. The number of carbonyl (C=O) groups is 3. The summed E-state index contributed by atoms with van der Waals surface area (Å²) in [7, 11) is 0. The van der Waals surface area contributed by atoms with E-state index in [0.29, 0.717) is 23.7 Å². The number of benzene rings is 1. The van der Waals surface area contributed by atoms with Crippen LogP contribution in [-0.2, 0) is 11.3 Å². The van der Waals surface area contributed by atoms with E-state index in [1.807, 2.05) is 0 Å². The van der Waals surface area contributed by atoms with Crippen LogP contribution in [0.15, 0.2) is 34.9 Å². The fourth-order valence-electron chi connectivity index (χ4n) is 2.97. The molecule has 0 unspecified atom stereocenters. The summed E-state index contributed by atoms with van der Waals surface area (Å²) in [4.78, 5) is 42.5. The van der Waals surface area contributed by atoms with Crippen LogP contribution in [0.1, 0.15) is 59.3 Å². The molecule has 2 aliphatic rings. The molecule has 9 heteroatoms. The zero-order chi connectivity index (χ0) is 21.1. The third-order valence-corrected chi connectivity index (χ3v) is 4.90. The number of esters is 1. The number of hydrogen-bond donors (Lipinski definition) is 2. The highest BCUT2D eigenvalue weighted by Crippen LogP contribution is 2.29. The van der Waals surface area contributed by atoms with Gasteiger partial charge in [0.05, 0.1) is 18.7 Å². The molecule has 9 nitrogen and oxygen atoms in total. The van der Waals surface area contributed by atoms with Crippen molar-refractivity contribution in [1.29, 1.82) is 0 Å². The van der Waals surface area contributed by atoms with Crippen molar-refractivity contribution in [3.8, 4) is 0 Å². The molecule has 2 N–H and O–H groups in total. The number of aromatic nitrogens is 1. The maximum atomic E-state index is 12.8. The number of anilines is 1. The fourth-order valence-corrected chi connectivity index (χ4v) is 2.97. The summed E-state index contributed by atoms with van der Waals surface area (Å²) in [6.07, 6.45) is 5.12. The van der Waals surface area contributed by atoms with Crippen LogP contribution in [0, 0.1) is 0 Å². The van der Waals surface area contributed by atoms with Gasteiger partial charge in [-0.2, -0.15) is 0 Å². The van der Waals surface area contributed by atoms with Gasteiger partial charge in [-0.15, -0.1) is 0 Å². The SMILES string of the molecule is CCOC(=O)c1ccc(NC(=O)N(Cc2nc(C(=O)NC3CC3)co2)C2CC2)cc1. The average molecular weight is 412 g/mol. The van der Waals surface area contributed by atoms with Gasteiger partial charge in [0.1, 0.15) is 6.26 Å². The molecule has 1 heterocycles. The minimum atomic E-state index is -0.402. The normalized spacial score (nSPS) is 15.4. The van der Waals surface area contributed by atoms with Gasteiger partial charge >= 0.3 is 12.0 Å². The quantitative estimate of drug-likeness (QED) is 0.645. The van der Waals surface area contributed by atoms with Gasteiger partial charge in [0.2, 0.25) is 5.89 Å². The average Bonchev–Trinajstić information content (AvgIpc) is 3.67. The van der Waals surface area contributed by atoms with Gasteiger partial charge in [-0.25, -0.2) is 14.6 Å². The predicted molar refractivity (Wildman–Crippen MR) is 107 cm³/mol. The van der Waals surface area contributed by atoms with Crippen LogP contribution < -0.4 is 10.6 Å². The monoisotopic (exact) mass is 412 g/mol. The number of oxazole rings is 1. The van der Waals surface area contributed by atoms with Crippen LogP contribution in [-0.4, -0.2) is 46.5 Å². The Morgan fingerprint density at radius 2 is 1.90 bits per heavy atom. The molecule has 4 rings (SSSR count). The van der Waals surface area contributed by atoms with E-state index >= 15 is 0 Å². The molecular weight excluding hydrogens is 388 g/mol. The summed E-state index contributed by atoms with van der Waals surface area (Å²) < 4.78 is 10.4. The number of carbonyl (C=O) groups excluding carboxylic acids is 3. The maximum absolute atomic E-state index is 12.8. The molecule has 0 radical (unpaired) electrons. The Hall–Kier alpha value is -3.36. The zero-order valence-corrected chi connectivity index (χ0v) is 16.7. The molecule has 1 aromatic heterocycles. The van der Waals surface area contributed by atoms with Crippen LogP contribution in [0.4, 0.5) is 10.5 Å². The van der Waals surface area contributed by atoms with Gasteiger partial charge in [-0.3, -0.25) is 4.79 Å². The van der Waals surface area contributed by atoms with Crippen molar-refractivity contribution in [1.82, 2.24) is 15.2 Å². The summed E-state index contributed by atoms with van der Waals surface area (Å²) in [6.45, 7) is 2.22. The van der Waals surface area contributed by atoms with Crippen LogP contribution in [0.25, 0.3) is 0 Å². The standard InChI is InChI=1S/C21H24N4O5/c1-2-29-20(27)13-3-5-15(6-4-13)23-21(28)25(16-9-10-16)11-18-24-17(12-30-18)19(26)22-14-7-8-14/h3-6,12,14,16H,2,7-11H2,1H3,(H,22,26)(H,23,28). The first-order chi connectivity index (χ1) is 14.5. The zero-order valence-electron chi connectivity index (χ0n) is 16.7. The number of ether oxygens (including phenoxy) is 1. The van der Waals surface area contributed by atoms with E-state index in [-0.39, 0.29) is 36.3 Å². The minimum absolute atomic E-state index is 0.111. The first-order valence-corrected chi connectivity index (χ1v) is 10.1. The van der Waals surface area contributed by atoms with Crippen molar-refractivity contribution in [3.05, 3.63) is 47.7 Å². The Balaban J connectivity index is 1.37. The number of rotatable bonds is 8. The molecule has 2 saturated carbocycles. The molecule has 30 heavy (non-hydrogen) atoms. The lowest BCUT2D eigenvalue weighted by Gasteiger charge is -2.21. The van der Waals surface area contributed by atoms with Gasteiger partial charge in [0, 0.05) is 17.8 Å². The highest BCUT2D eigenvalue weighted by molar-refractivity contribution is 5.93. The van der Waals surface area contributed by atoms with E-state index in [9.17, 15) is 14.4 Å². The lowest BCUT2D eigenvalue weighted by Crippen LogP contribution is -2.36. The summed E-state index contributed by atoms with van der Waals surface area (Å²) in [6, 6.07) is 6.58. The van der Waals surface area contributed by atoms with Crippen LogP contribution in [0.5, 0.6) is 0 Å². The number of hydrogen-bond acceptors (Lipinski definition) is 6. The second-order valence-electron chi connectivity index (χ2n) is 7.46. The Morgan fingerprint density at radius 3 is 2.53 bits per heavy atom. The van der Waals surface area contributed by atoms with E-state index in [1.54, 1.807) is 36.1 Å². The van der Waals surface area contributed by atoms with Crippen molar-refractivity contribution in [2.75, 3.05) is 11.9 Å². The molecule has 2 aromatic rings. The topological polar surface area (TPSA) is 114 Å². The van der Waals surface area contributed by atoms with Gasteiger partial charge in [0.25, 0.3) is 5.91 Å². The Kier molecular flexibility index (Phi) is 5.69. The van der Waals surface area contributed by atoms with Crippen LogP contribution in [0.2, 0.25) is 0 Å². The lowest BCUT2D eigenvalue weighted by atomic mass is 10.2. The van der Waals surface area contributed by atoms with Crippen molar-refractivity contribution in [2.24, 2.45) is 0 Å². The van der Waals surface area contributed by atoms with Crippen molar-refractivity contribution >= 4 is 23.6 Å². The lowest BCUT2D eigenvalue weighted by molar-refractivity contribution is 0.0526. The third-order valence-electron chi connectivity index (χ3n) is 4.90. The summed E-state index contributed by atoms with van der Waals surface area (Å²) >= 11 is 0. The summed E-state index contributed by atoms with van der Waals surface area (Å²) in [5, 5.41) is 5.69. The second-order valence-corrected chi connectivity index (χ2v) is 7.46. The highest BCUT2D eigenvalue weighted by Gasteiger charge is 2.34. The van der Waals surface area contributed by atoms with Gasteiger partial charge < -0.3 is 24.7 Å². The first-order valence-electron chi connectivity index (χ1n) is 10.1. The Bertz CT molecular complexity index is 931. The molecular formula is C21H24N4O5. The molecule has 0 aliphatic heterocycles. The fraction of sp³-hybridized carbons (Fsp3) is 0.429. The number of nitrogens with one attached hydrogen (secondary N) is 2. The molecule has 2 fully saturated rings. The Labute approximate surface area is 173 Å². The third kappa shape index (κ3) is 4.97. The number of nitrogens with zero attached hydrogens (tertiary/aromatic N) is 2. The predicted octanol–water partition coefficient (Wildman–Crippen LogP) is 2.94. The summed E-state index contributed by atoms with van der Waals surface area (Å²) in [5.74, 6) is -0.340. The van der Waals surface area contributed by atoms with E-state index in [2.05, 4.69) is 15.6 Å². The molecule has 3 amide bonds. The van der Waals surface area contributed by atoms with E-state index < -0.39 is 5.97 Å². The van der Waals surface area contributed by atoms with Crippen LogP contribution >= 0.6 is 0 Å². The molecule has 0 saturated heterocycles.